The van der Waals surface area contributed by atoms with E-state index in [4.69, 9.17) is 9.47 Å². The van der Waals surface area contributed by atoms with Gasteiger partial charge in [-0.1, -0.05) is 13.8 Å². The molecular formula is C30H30F2N4O3. The van der Waals surface area contributed by atoms with Crippen molar-refractivity contribution >= 4 is 11.6 Å². The summed E-state index contributed by atoms with van der Waals surface area (Å²) >= 11 is 0. The maximum Gasteiger partial charge on any atom is 0.293 e. The molecule has 202 valence electrons. The van der Waals surface area contributed by atoms with Crippen LogP contribution in [0.1, 0.15) is 24.5 Å². The van der Waals surface area contributed by atoms with Crippen molar-refractivity contribution in [2.75, 3.05) is 38.7 Å². The minimum atomic E-state index is -0.568. The van der Waals surface area contributed by atoms with Gasteiger partial charge >= 0.3 is 0 Å². The van der Waals surface area contributed by atoms with E-state index in [-0.39, 0.29) is 5.82 Å². The highest BCUT2D eigenvalue weighted by Crippen LogP contribution is 2.30. The van der Waals surface area contributed by atoms with E-state index in [1.807, 2.05) is 0 Å². The lowest BCUT2D eigenvalue weighted by Gasteiger charge is -2.19. The van der Waals surface area contributed by atoms with Gasteiger partial charge in [0.1, 0.15) is 29.7 Å². The first-order chi connectivity index (χ1) is 18.9. The van der Waals surface area contributed by atoms with E-state index in [1.165, 1.54) is 24.3 Å². The quantitative estimate of drug-likeness (QED) is 0.253. The van der Waals surface area contributed by atoms with Crippen molar-refractivity contribution in [3.8, 4) is 34.0 Å². The number of carbonyl (C=O) groups is 1. The summed E-state index contributed by atoms with van der Waals surface area (Å²) in [5.41, 5.74) is 2.46. The molecule has 0 unspecified atom stereocenters. The van der Waals surface area contributed by atoms with Gasteiger partial charge in [-0.05, 0) is 79.8 Å². The summed E-state index contributed by atoms with van der Waals surface area (Å²) in [4.78, 5) is 24.5. The van der Waals surface area contributed by atoms with Crippen molar-refractivity contribution in [2.45, 2.75) is 13.8 Å². The molecule has 0 bridgehead atoms. The van der Waals surface area contributed by atoms with Crippen LogP contribution in [-0.4, -0.2) is 54.1 Å². The van der Waals surface area contributed by atoms with Gasteiger partial charge < -0.3 is 19.7 Å². The standard InChI is InChI=1S/C30H30F2N4O3/c1-4-36(5-2)16-17-39-28-18-24(38-3)14-15-25(28)35-30(37)29-33-26(20-6-10-22(31)11-7-20)19-27(34-29)21-8-12-23(32)13-9-21/h6-15,18-19H,4-5,16-17H2,1-3H3,(H,35,37). The number of likely N-dealkylation sites (N-methyl/N-ethyl adjacent to an activating group) is 1. The molecule has 1 heterocycles. The molecule has 1 amide bonds. The molecule has 39 heavy (non-hydrogen) atoms. The SMILES string of the molecule is CCN(CC)CCOc1cc(OC)ccc1NC(=O)c1nc(-c2ccc(F)cc2)cc(-c2ccc(F)cc2)n1. The zero-order valence-electron chi connectivity index (χ0n) is 22.1. The second-order valence-electron chi connectivity index (χ2n) is 8.67. The number of nitrogens with zero attached hydrogens (tertiary/aromatic N) is 3. The normalized spacial score (nSPS) is 10.9. The van der Waals surface area contributed by atoms with E-state index < -0.39 is 17.5 Å². The molecular weight excluding hydrogens is 502 g/mol. The number of halogens is 2. The van der Waals surface area contributed by atoms with E-state index in [9.17, 15) is 13.6 Å². The first-order valence-corrected chi connectivity index (χ1v) is 12.7. The van der Waals surface area contributed by atoms with E-state index in [2.05, 4.69) is 34.0 Å². The number of rotatable bonds is 11. The Morgan fingerprint density at radius 1 is 0.846 bits per heavy atom. The van der Waals surface area contributed by atoms with Crippen LogP contribution in [0.3, 0.4) is 0 Å². The summed E-state index contributed by atoms with van der Waals surface area (Å²) in [6.45, 7) is 7.12. The summed E-state index contributed by atoms with van der Waals surface area (Å²) in [6, 6.07) is 18.3. The highest BCUT2D eigenvalue weighted by Gasteiger charge is 2.18. The van der Waals surface area contributed by atoms with Crippen molar-refractivity contribution in [2.24, 2.45) is 0 Å². The first-order valence-electron chi connectivity index (χ1n) is 12.7. The van der Waals surface area contributed by atoms with Crippen LogP contribution in [-0.2, 0) is 0 Å². The molecule has 1 aromatic heterocycles. The average molecular weight is 533 g/mol. The molecule has 0 atom stereocenters. The number of amides is 1. The van der Waals surface area contributed by atoms with Gasteiger partial charge in [0.2, 0.25) is 5.82 Å². The fourth-order valence-corrected chi connectivity index (χ4v) is 3.94. The lowest BCUT2D eigenvalue weighted by Crippen LogP contribution is -2.28. The van der Waals surface area contributed by atoms with Crippen LogP contribution in [0.25, 0.3) is 22.5 Å². The second kappa shape index (κ2) is 12.9. The van der Waals surface area contributed by atoms with Crippen LogP contribution >= 0.6 is 0 Å². The highest BCUT2D eigenvalue weighted by molar-refractivity contribution is 6.03. The predicted molar refractivity (Wildman–Crippen MR) is 147 cm³/mol. The first kappa shape index (κ1) is 27.7. The third-order valence-electron chi connectivity index (χ3n) is 6.21. The second-order valence-corrected chi connectivity index (χ2v) is 8.67. The zero-order valence-corrected chi connectivity index (χ0v) is 22.1. The van der Waals surface area contributed by atoms with Gasteiger partial charge in [-0.3, -0.25) is 4.79 Å². The lowest BCUT2D eigenvalue weighted by atomic mass is 10.1. The molecule has 9 heteroatoms. The molecule has 0 saturated heterocycles. The molecule has 0 fully saturated rings. The molecule has 1 N–H and O–H groups in total. The minimum absolute atomic E-state index is 0.110. The number of carbonyl (C=O) groups excluding carboxylic acids is 1. The van der Waals surface area contributed by atoms with Gasteiger partial charge in [-0.2, -0.15) is 0 Å². The van der Waals surface area contributed by atoms with E-state index in [0.29, 0.717) is 46.3 Å². The number of hydrogen-bond donors (Lipinski definition) is 1. The van der Waals surface area contributed by atoms with Crippen LogP contribution in [0.4, 0.5) is 14.5 Å². The molecule has 0 saturated carbocycles. The van der Waals surface area contributed by atoms with Gasteiger partial charge in [0.15, 0.2) is 0 Å². The summed E-state index contributed by atoms with van der Waals surface area (Å²) < 4.78 is 38.4. The van der Waals surface area contributed by atoms with Crippen LogP contribution in [0.5, 0.6) is 11.5 Å². The third-order valence-corrected chi connectivity index (χ3v) is 6.21. The Morgan fingerprint density at radius 3 is 1.92 bits per heavy atom. The fraction of sp³-hybridized carbons (Fsp3) is 0.233. The van der Waals surface area contributed by atoms with Crippen molar-refractivity contribution in [1.82, 2.24) is 14.9 Å². The van der Waals surface area contributed by atoms with Crippen LogP contribution < -0.4 is 14.8 Å². The van der Waals surface area contributed by atoms with E-state index in [1.54, 1.807) is 55.6 Å². The smallest absolute Gasteiger partial charge is 0.293 e. The van der Waals surface area contributed by atoms with Crippen LogP contribution in [0.15, 0.2) is 72.8 Å². The Balaban J connectivity index is 1.66. The molecule has 0 aliphatic carbocycles. The molecule has 0 aliphatic heterocycles. The average Bonchev–Trinajstić information content (AvgIpc) is 2.96. The lowest BCUT2D eigenvalue weighted by molar-refractivity contribution is 0.101. The van der Waals surface area contributed by atoms with E-state index >= 15 is 0 Å². The summed E-state index contributed by atoms with van der Waals surface area (Å²) in [6.07, 6.45) is 0. The van der Waals surface area contributed by atoms with Crippen molar-refractivity contribution < 1.29 is 23.0 Å². The highest BCUT2D eigenvalue weighted by atomic mass is 19.1. The largest absolute Gasteiger partial charge is 0.497 e. The molecule has 4 rings (SSSR count). The summed E-state index contributed by atoms with van der Waals surface area (Å²) in [5, 5.41) is 2.84. The zero-order chi connectivity index (χ0) is 27.8. The van der Waals surface area contributed by atoms with Crippen molar-refractivity contribution in [3.63, 3.8) is 0 Å². The molecule has 7 nitrogen and oxygen atoms in total. The topological polar surface area (TPSA) is 76.6 Å². The Labute approximate surface area is 226 Å². The van der Waals surface area contributed by atoms with Crippen LogP contribution in [0, 0.1) is 11.6 Å². The Hall–Kier alpha value is -4.37. The fourth-order valence-electron chi connectivity index (χ4n) is 3.94. The molecule has 3 aromatic carbocycles. The monoisotopic (exact) mass is 532 g/mol. The number of ether oxygens (including phenoxy) is 2. The minimum Gasteiger partial charge on any atom is -0.497 e. The Morgan fingerprint density at radius 2 is 1.41 bits per heavy atom. The molecule has 0 aliphatic rings. The molecule has 0 radical (unpaired) electrons. The van der Waals surface area contributed by atoms with Gasteiger partial charge in [0, 0.05) is 23.7 Å². The van der Waals surface area contributed by atoms with Crippen molar-refractivity contribution in [1.29, 1.82) is 0 Å². The number of methoxy groups -OCH3 is 1. The molecule has 0 spiro atoms. The van der Waals surface area contributed by atoms with Gasteiger partial charge in [-0.15, -0.1) is 0 Å². The van der Waals surface area contributed by atoms with Gasteiger partial charge in [0.05, 0.1) is 24.2 Å². The van der Waals surface area contributed by atoms with Gasteiger partial charge in [-0.25, -0.2) is 18.7 Å². The maximum atomic E-state index is 13.5. The Kier molecular flexibility index (Phi) is 9.17. The number of aromatic nitrogens is 2. The Bertz CT molecular complexity index is 1350. The maximum absolute atomic E-state index is 13.5. The van der Waals surface area contributed by atoms with Crippen LogP contribution in [0.2, 0.25) is 0 Å². The van der Waals surface area contributed by atoms with E-state index in [0.717, 1.165) is 19.6 Å². The summed E-state index contributed by atoms with van der Waals surface area (Å²) in [5.74, 6) is -0.431. The predicted octanol–water partition coefficient (Wildman–Crippen LogP) is 6.07. The van der Waals surface area contributed by atoms with Crippen molar-refractivity contribution in [3.05, 3.63) is 90.3 Å². The number of nitrogens with one attached hydrogen (secondary N) is 1. The summed E-state index contributed by atoms with van der Waals surface area (Å²) in [7, 11) is 1.55. The number of anilines is 1. The molecule has 4 aromatic rings. The number of hydrogen-bond acceptors (Lipinski definition) is 6. The van der Waals surface area contributed by atoms with Gasteiger partial charge in [0.25, 0.3) is 5.91 Å². The number of benzene rings is 3. The third kappa shape index (κ3) is 7.14.